The number of fused-ring (bicyclic) bond motifs is 1. The number of rotatable bonds is 8. The molecule has 2 aromatic rings. The van der Waals surface area contributed by atoms with Crippen LogP contribution in [-0.4, -0.2) is 93.7 Å². The van der Waals surface area contributed by atoms with E-state index < -0.39 is 0 Å². The van der Waals surface area contributed by atoms with Crippen LogP contribution in [0.2, 0.25) is 5.02 Å². The van der Waals surface area contributed by atoms with Crippen LogP contribution in [0.25, 0.3) is 0 Å². The van der Waals surface area contributed by atoms with Crippen molar-refractivity contribution in [3.63, 3.8) is 0 Å². The van der Waals surface area contributed by atoms with Gasteiger partial charge in [0.05, 0.1) is 5.69 Å². The van der Waals surface area contributed by atoms with E-state index in [1.54, 1.807) is 0 Å². The maximum atomic E-state index is 13.1. The molecule has 0 atom stereocenters. The quantitative estimate of drug-likeness (QED) is 0.552. The van der Waals surface area contributed by atoms with Gasteiger partial charge in [0.1, 0.15) is 5.75 Å². The highest BCUT2D eigenvalue weighted by molar-refractivity contribution is 6.31. The topological polar surface area (TPSA) is 77.2 Å². The number of nitrogens with one attached hydrogen (secondary N) is 2. The first kappa shape index (κ1) is 26.0. The first-order valence-electron chi connectivity index (χ1n) is 13.3. The monoisotopic (exact) mass is 525 g/mol. The third-order valence-corrected chi connectivity index (χ3v) is 7.89. The fraction of sp³-hybridized carbons (Fsp3) is 0.500. The largest absolute Gasteiger partial charge is 0.482 e. The van der Waals surface area contributed by atoms with Crippen LogP contribution in [0, 0.1) is 0 Å². The van der Waals surface area contributed by atoms with Gasteiger partial charge in [-0.25, -0.2) is 0 Å². The van der Waals surface area contributed by atoms with Crippen LogP contribution in [-0.2, 0) is 4.79 Å². The molecule has 8 nitrogen and oxygen atoms in total. The van der Waals surface area contributed by atoms with E-state index >= 15 is 0 Å². The van der Waals surface area contributed by atoms with Crippen molar-refractivity contribution in [1.29, 1.82) is 0 Å². The summed E-state index contributed by atoms with van der Waals surface area (Å²) >= 11 is 6.30. The maximum Gasteiger partial charge on any atom is 0.265 e. The number of ether oxygens (including phenoxy) is 1. The molecule has 2 aromatic carbocycles. The maximum absolute atomic E-state index is 13.1. The number of nitrogens with zero attached hydrogens (tertiary/aromatic N) is 3. The number of halogens is 1. The lowest BCUT2D eigenvalue weighted by Crippen LogP contribution is -2.46. The number of hydrogen-bond acceptors (Lipinski definition) is 6. The highest BCUT2D eigenvalue weighted by atomic mass is 35.5. The van der Waals surface area contributed by atoms with Crippen molar-refractivity contribution in [2.75, 3.05) is 77.0 Å². The summed E-state index contributed by atoms with van der Waals surface area (Å²) in [6.07, 6.45) is 1.94. The number of likely N-dealkylation sites (tertiary alicyclic amines) is 1. The molecular formula is C28H36ClN5O3. The van der Waals surface area contributed by atoms with Crippen LogP contribution in [0.3, 0.4) is 0 Å². The van der Waals surface area contributed by atoms with Gasteiger partial charge in [-0.2, -0.15) is 0 Å². The van der Waals surface area contributed by atoms with Gasteiger partial charge >= 0.3 is 0 Å². The Hall–Kier alpha value is -2.65. The molecule has 3 aliphatic heterocycles. The number of para-hydroxylation sites is 2. The highest BCUT2D eigenvalue weighted by Crippen LogP contribution is 2.33. The van der Waals surface area contributed by atoms with E-state index in [4.69, 9.17) is 16.3 Å². The summed E-state index contributed by atoms with van der Waals surface area (Å²) in [6.45, 7) is 8.93. The summed E-state index contributed by atoms with van der Waals surface area (Å²) in [6, 6.07) is 13.4. The smallest absolute Gasteiger partial charge is 0.265 e. The summed E-state index contributed by atoms with van der Waals surface area (Å²) < 4.78 is 5.56. The Morgan fingerprint density at radius 2 is 1.76 bits per heavy atom. The van der Waals surface area contributed by atoms with Crippen LogP contribution in [0.15, 0.2) is 42.5 Å². The predicted octanol–water partition coefficient (Wildman–Crippen LogP) is 2.58. The van der Waals surface area contributed by atoms with Crippen molar-refractivity contribution < 1.29 is 14.3 Å². The number of piperazine rings is 1. The van der Waals surface area contributed by atoms with Gasteiger partial charge in [0.25, 0.3) is 11.8 Å². The van der Waals surface area contributed by atoms with Crippen molar-refractivity contribution in [3.8, 4) is 5.75 Å². The number of carbonyl (C=O) groups is 2. The van der Waals surface area contributed by atoms with E-state index in [1.807, 2.05) is 47.4 Å². The van der Waals surface area contributed by atoms with Crippen LogP contribution >= 0.6 is 11.6 Å². The van der Waals surface area contributed by atoms with Gasteiger partial charge in [-0.15, -0.1) is 0 Å². The van der Waals surface area contributed by atoms with Crippen LogP contribution < -0.4 is 20.3 Å². The Morgan fingerprint density at radius 3 is 2.57 bits per heavy atom. The lowest BCUT2D eigenvalue weighted by atomic mass is 9.86. The molecule has 5 rings (SSSR count). The zero-order valence-corrected chi connectivity index (χ0v) is 22.0. The molecular weight excluding hydrogens is 490 g/mol. The van der Waals surface area contributed by atoms with Crippen molar-refractivity contribution >= 4 is 29.1 Å². The first-order valence-corrected chi connectivity index (χ1v) is 13.7. The van der Waals surface area contributed by atoms with Crippen molar-refractivity contribution in [2.24, 2.45) is 0 Å². The third kappa shape index (κ3) is 6.44. The normalized spacial score (nSPS) is 19.4. The molecule has 0 aromatic heterocycles. The Morgan fingerprint density at radius 1 is 1.00 bits per heavy atom. The van der Waals surface area contributed by atoms with Crippen LogP contribution in [0.5, 0.6) is 5.75 Å². The predicted molar refractivity (Wildman–Crippen MR) is 146 cm³/mol. The van der Waals surface area contributed by atoms with Gasteiger partial charge in [0.2, 0.25) is 0 Å². The number of piperidine rings is 1. The zero-order valence-electron chi connectivity index (χ0n) is 21.3. The minimum absolute atomic E-state index is 0.00218. The summed E-state index contributed by atoms with van der Waals surface area (Å²) in [5.74, 6) is 1.04. The standard InChI is InChI=1S/C28H36ClN5O3/c29-22-5-6-23(24(19-22)28(36)31-11-16-33-14-9-30-10-15-33)21-7-12-32(13-8-21)17-18-34-25-3-1-2-4-26(25)37-20-27(34)35/h1-6,19,21,30H,7-18,20H2,(H,31,36). The van der Waals surface area contributed by atoms with Gasteiger partial charge in [0.15, 0.2) is 6.61 Å². The minimum Gasteiger partial charge on any atom is -0.482 e. The number of anilines is 1. The number of hydrogen-bond donors (Lipinski definition) is 2. The summed E-state index contributed by atoms with van der Waals surface area (Å²) in [5.41, 5.74) is 2.63. The second kappa shape index (κ2) is 12.3. The van der Waals surface area contributed by atoms with E-state index in [2.05, 4.69) is 20.4 Å². The van der Waals surface area contributed by atoms with Crippen molar-refractivity contribution in [3.05, 3.63) is 58.6 Å². The minimum atomic E-state index is -0.0421. The molecule has 2 amide bonds. The van der Waals surface area contributed by atoms with E-state index in [1.165, 1.54) is 0 Å². The average Bonchev–Trinajstić information content (AvgIpc) is 2.93. The molecule has 3 heterocycles. The molecule has 198 valence electrons. The van der Waals surface area contributed by atoms with Crippen molar-refractivity contribution in [1.82, 2.24) is 20.4 Å². The van der Waals surface area contributed by atoms with E-state index in [-0.39, 0.29) is 18.4 Å². The molecule has 2 N–H and O–H groups in total. The molecule has 0 aliphatic carbocycles. The molecule has 0 unspecified atom stereocenters. The van der Waals surface area contributed by atoms with Gasteiger partial charge in [-0.3, -0.25) is 14.5 Å². The summed E-state index contributed by atoms with van der Waals surface area (Å²) in [7, 11) is 0. The van der Waals surface area contributed by atoms with E-state index in [0.29, 0.717) is 29.6 Å². The van der Waals surface area contributed by atoms with Crippen LogP contribution in [0.4, 0.5) is 5.69 Å². The Bertz CT molecular complexity index is 1100. The van der Waals surface area contributed by atoms with Crippen LogP contribution in [0.1, 0.15) is 34.7 Å². The Kier molecular flexibility index (Phi) is 8.61. The molecule has 0 spiro atoms. The molecule has 0 radical (unpaired) electrons. The lowest BCUT2D eigenvalue weighted by molar-refractivity contribution is -0.121. The molecule has 0 saturated carbocycles. The number of carbonyl (C=O) groups excluding carboxylic acids is 2. The molecule has 3 aliphatic rings. The van der Waals surface area contributed by atoms with Gasteiger partial charge in [0, 0.05) is 62.9 Å². The van der Waals surface area contributed by atoms with Gasteiger partial charge in [-0.1, -0.05) is 29.8 Å². The molecule has 0 bridgehead atoms. The third-order valence-electron chi connectivity index (χ3n) is 7.66. The van der Waals surface area contributed by atoms with Gasteiger partial charge in [-0.05, 0) is 61.7 Å². The second-order valence-corrected chi connectivity index (χ2v) is 10.4. The molecule has 9 heteroatoms. The molecule has 37 heavy (non-hydrogen) atoms. The SMILES string of the molecule is O=C(NCCN1CCNCC1)c1cc(Cl)ccc1C1CCN(CCN2C(=O)COc3ccccc32)CC1. The van der Waals surface area contributed by atoms with Crippen molar-refractivity contribution in [2.45, 2.75) is 18.8 Å². The summed E-state index contributed by atoms with van der Waals surface area (Å²) in [5, 5.41) is 7.05. The Labute approximate surface area is 223 Å². The number of amides is 2. The first-order chi connectivity index (χ1) is 18.1. The fourth-order valence-corrected chi connectivity index (χ4v) is 5.72. The fourth-order valence-electron chi connectivity index (χ4n) is 5.55. The van der Waals surface area contributed by atoms with E-state index in [0.717, 1.165) is 82.2 Å². The second-order valence-electron chi connectivity index (χ2n) is 10.00. The molecule has 2 fully saturated rings. The zero-order chi connectivity index (χ0) is 25.6. The van der Waals surface area contributed by atoms with E-state index in [9.17, 15) is 9.59 Å². The average molecular weight is 526 g/mol. The van der Waals surface area contributed by atoms with Gasteiger partial charge < -0.3 is 25.2 Å². The number of benzene rings is 2. The molecule has 2 saturated heterocycles. The highest BCUT2D eigenvalue weighted by Gasteiger charge is 2.28. The Balaban J connectivity index is 1.15. The lowest BCUT2D eigenvalue weighted by Gasteiger charge is -2.35. The summed E-state index contributed by atoms with van der Waals surface area (Å²) in [4.78, 5) is 32.2.